The van der Waals surface area contributed by atoms with Crippen molar-refractivity contribution in [3.8, 4) is 0 Å². The molecule has 0 aromatic heterocycles. The van der Waals surface area contributed by atoms with E-state index in [9.17, 15) is 15.2 Å². The van der Waals surface area contributed by atoms with Crippen LogP contribution in [-0.4, -0.2) is 16.1 Å². The highest BCUT2D eigenvalue weighted by molar-refractivity contribution is 5.23. The number of aliphatic hydroxyl groups is 1. The molecule has 0 aliphatic carbocycles. The topological polar surface area (TPSA) is 63.4 Å². The molecule has 0 bridgehead atoms. The van der Waals surface area contributed by atoms with Crippen molar-refractivity contribution in [2.24, 2.45) is 0 Å². The second kappa shape index (κ2) is 4.19. The molecule has 2 unspecified atom stereocenters. The van der Waals surface area contributed by atoms with Gasteiger partial charge in [-0.05, 0) is 12.5 Å². The second-order valence-electron chi connectivity index (χ2n) is 3.38. The molecule has 1 rings (SSSR count). The summed E-state index contributed by atoms with van der Waals surface area (Å²) in [5, 5.41) is 20.0. The van der Waals surface area contributed by atoms with Crippen molar-refractivity contribution in [1.82, 2.24) is 0 Å². The zero-order chi connectivity index (χ0) is 10.7. The standard InChI is InChI=1S/C10H13NO3/c1-7-3-5-9(6-4-7)10(12)8(2)11(13)14/h3-6,8,10,12H,1-2H3. The Bertz CT molecular complexity index is 321. The van der Waals surface area contributed by atoms with Gasteiger partial charge in [-0.2, -0.15) is 0 Å². The van der Waals surface area contributed by atoms with E-state index in [-0.39, 0.29) is 0 Å². The lowest BCUT2D eigenvalue weighted by molar-refractivity contribution is -0.531. The summed E-state index contributed by atoms with van der Waals surface area (Å²) < 4.78 is 0. The molecule has 14 heavy (non-hydrogen) atoms. The number of hydrogen-bond donors (Lipinski definition) is 1. The average molecular weight is 195 g/mol. The van der Waals surface area contributed by atoms with Crippen LogP contribution in [0.15, 0.2) is 24.3 Å². The van der Waals surface area contributed by atoms with Gasteiger partial charge in [-0.3, -0.25) is 10.1 Å². The maximum absolute atomic E-state index is 10.4. The van der Waals surface area contributed by atoms with E-state index in [1.54, 1.807) is 12.1 Å². The SMILES string of the molecule is Cc1ccc(C(O)C(C)[N+](=O)[O-])cc1. The molecule has 2 atom stereocenters. The molecule has 0 fully saturated rings. The van der Waals surface area contributed by atoms with E-state index in [2.05, 4.69) is 0 Å². The molecule has 1 aromatic rings. The normalized spacial score (nSPS) is 14.8. The minimum absolute atomic E-state index is 0.482. The molecule has 0 aliphatic heterocycles. The summed E-state index contributed by atoms with van der Waals surface area (Å²) in [6.07, 6.45) is -1.04. The molecular formula is C10H13NO3. The second-order valence-corrected chi connectivity index (χ2v) is 3.38. The summed E-state index contributed by atoms with van der Waals surface area (Å²) in [7, 11) is 0. The van der Waals surface area contributed by atoms with Crippen molar-refractivity contribution in [2.75, 3.05) is 0 Å². The van der Waals surface area contributed by atoms with Crippen LogP contribution in [0.1, 0.15) is 24.2 Å². The molecule has 4 nitrogen and oxygen atoms in total. The largest absolute Gasteiger partial charge is 0.381 e. The Labute approximate surface area is 82.3 Å². The summed E-state index contributed by atoms with van der Waals surface area (Å²) in [5.74, 6) is 0. The summed E-state index contributed by atoms with van der Waals surface area (Å²) in [5.41, 5.74) is 1.65. The Kier molecular flexibility index (Phi) is 3.19. The van der Waals surface area contributed by atoms with Gasteiger partial charge in [0, 0.05) is 11.8 Å². The molecule has 0 spiro atoms. The smallest absolute Gasteiger partial charge is 0.239 e. The Morgan fingerprint density at radius 2 is 1.86 bits per heavy atom. The molecule has 4 heteroatoms. The van der Waals surface area contributed by atoms with Crippen LogP contribution in [0.4, 0.5) is 0 Å². The van der Waals surface area contributed by atoms with Crippen LogP contribution in [-0.2, 0) is 0 Å². The predicted molar refractivity (Wildman–Crippen MR) is 52.6 cm³/mol. The highest BCUT2D eigenvalue weighted by Crippen LogP contribution is 2.18. The third kappa shape index (κ3) is 2.29. The van der Waals surface area contributed by atoms with Crippen LogP contribution in [0.3, 0.4) is 0 Å². The van der Waals surface area contributed by atoms with E-state index in [0.717, 1.165) is 5.56 Å². The Hall–Kier alpha value is -1.42. The van der Waals surface area contributed by atoms with E-state index < -0.39 is 17.1 Å². The summed E-state index contributed by atoms with van der Waals surface area (Å²) in [6, 6.07) is 6.09. The third-order valence-corrected chi connectivity index (χ3v) is 2.21. The van der Waals surface area contributed by atoms with Crippen LogP contribution in [0.25, 0.3) is 0 Å². The maximum Gasteiger partial charge on any atom is 0.239 e. The first kappa shape index (κ1) is 10.7. The van der Waals surface area contributed by atoms with Gasteiger partial charge in [-0.15, -0.1) is 0 Å². The quantitative estimate of drug-likeness (QED) is 0.589. The monoisotopic (exact) mass is 195 g/mol. The molecule has 0 heterocycles. The predicted octanol–water partition coefficient (Wildman–Crippen LogP) is 1.69. The number of aryl methyl sites for hydroxylation is 1. The van der Waals surface area contributed by atoms with Crippen LogP contribution < -0.4 is 0 Å². The Balaban J connectivity index is 2.84. The van der Waals surface area contributed by atoms with E-state index in [4.69, 9.17) is 0 Å². The fourth-order valence-electron chi connectivity index (χ4n) is 1.16. The zero-order valence-electron chi connectivity index (χ0n) is 8.18. The molecule has 1 N–H and O–H groups in total. The highest BCUT2D eigenvalue weighted by Gasteiger charge is 2.25. The van der Waals surface area contributed by atoms with Crippen molar-refractivity contribution in [3.05, 3.63) is 45.5 Å². The molecule has 0 saturated heterocycles. The first-order valence-electron chi connectivity index (χ1n) is 4.40. The fourth-order valence-corrected chi connectivity index (χ4v) is 1.16. The van der Waals surface area contributed by atoms with Gasteiger partial charge in [0.25, 0.3) is 0 Å². The molecule has 76 valence electrons. The van der Waals surface area contributed by atoms with Crippen LogP contribution >= 0.6 is 0 Å². The molecule has 1 aromatic carbocycles. The van der Waals surface area contributed by atoms with Crippen molar-refractivity contribution in [1.29, 1.82) is 0 Å². The van der Waals surface area contributed by atoms with Gasteiger partial charge in [0.15, 0.2) is 0 Å². The molecule has 0 amide bonds. The molecule has 0 radical (unpaired) electrons. The third-order valence-electron chi connectivity index (χ3n) is 2.21. The van der Waals surface area contributed by atoms with Crippen molar-refractivity contribution in [3.63, 3.8) is 0 Å². The van der Waals surface area contributed by atoms with Gasteiger partial charge in [0.05, 0.1) is 0 Å². The molecule has 0 saturated carbocycles. The molecular weight excluding hydrogens is 182 g/mol. The number of benzene rings is 1. The zero-order valence-corrected chi connectivity index (χ0v) is 8.18. The number of hydrogen-bond acceptors (Lipinski definition) is 3. The Morgan fingerprint density at radius 3 is 2.29 bits per heavy atom. The number of nitrogens with zero attached hydrogens (tertiary/aromatic N) is 1. The lowest BCUT2D eigenvalue weighted by Gasteiger charge is -2.12. The maximum atomic E-state index is 10.4. The van der Waals surface area contributed by atoms with Gasteiger partial charge in [0.1, 0.15) is 6.10 Å². The minimum Gasteiger partial charge on any atom is -0.381 e. The first-order chi connectivity index (χ1) is 6.52. The van der Waals surface area contributed by atoms with Crippen molar-refractivity contribution >= 4 is 0 Å². The summed E-state index contributed by atoms with van der Waals surface area (Å²) in [6.45, 7) is 3.32. The lowest BCUT2D eigenvalue weighted by atomic mass is 10.0. The van der Waals surface area contributed by atoms with Gasteiger partial charge < -0.3 is 5.11 Å². The van der Waals surface area contributed by atoms with Crippen molar-refractivity contribution in [2.45, 2.75) is 26.0 Å². The van der Waals surface area contributed by atoms with E-state index >= 15 is 0 Å². The van der Waals surface area contributed by atoms with E-state index in [1.807, 2.05) is 19.1 Å². The number of aliphatic hydroxyl groups excluding tert-OH is 1. The van der Waals surface area contributed by atoms with Crippen molar-refractivity contribution < 1.29 is 10.0 Å². The number of nitro groups is 1. The van der Waals surface area contributed by atoms with Crippen LogP contribution in [0.2, 0.25) is 0 Å². The van der Waals surface area contributed by atoms with Crippen LogP contribution in [0, 0.1) is 17.0 Å². The number of rotatable bonds is 3. The average Bonchev–Trinajstić information content (AvgIpc) is 2.16. The van der Waals surface area contributed by atoms with Gasteiger partial charge in [0.2, 0.25) is 6.04 Å². The summed E-state index contributed by atoms with van der Waals surface area (Å²) >= 11 is 0. The van der Waals surface area contributed by atoms with E-state index in [0.29, 0.717) is 5.56 Å². The highest BCUT2D eigenvalue weighted by atomic mass is 16.6. The van der Waals surface area contributed by atoms with Gasteiger partial charge in [-0.1, -0.05) is 29.8 Å². The fraction of sp³-hybridized carbons (Fsp3) is 0.400. The van der Waals surface area contributed by atoms with E-state index in [1.165, 1.54) is 6.92 Å². The van der Waals surface area contributed by atoms with Gasteiger partial charge in [-0.25, -0.2) is 0 Å². The van der Waals surface area contributed by atoms with Crippen LogP contribution in [0.5, 0.6) is 0 Å². The first-order valence-corrected chi connectivity index (χ1v) is 4.40. The minimum atomic E-state index is -1.04. The Morgan fingerprint density at radius 1 is 1.36 bits per heavy atom. The lowest BCUT2D eigenvalue weighted by Crippen LogP contribution is -2.23. The molecule has 0 aliphatic rings. The van der Waals surface area contributed by atoms with Gasteiger partial charge >= 0.3 is 0 Å². The summed E-state index contributed by atoms with van der Waals surface area (Å²) in [4.78, 5) is 9.94.